The molecule has 3 N–H and O–H groups in total. The molecule has 0 aliphatic carbocycles. The number of nitrogens with zero attached hydrogens (tertiary/aromatic N) is 1. The molecule has 0 saturated heterocycles. The van der Waals surface area contributed by atoms with Crippen molar-refractivity contribution >= 4 is 31.8 Å². The Bertz CT molecular complexity index is 1240. The number of rotatable bonds is 10. The summed E-state index contributed by atoms with van der Waals surface area (Å²) in [7, 11) is -5.67. The number of carbonyl (C=O) groups excluding carboxylic acids is 1. The first-order chi connectivity index (χ1) is 15.6. The number of fused-ring (bicyclic) bond motifs is 1. The SMILES string of the molecule is CCCC[C@H](N=C1NS(=O)(=O)c2ccccc21)C(=O)NCc1ccc(CS(=O)(=O)NC)cc1. The predicted octanol–water partition coefficient (Wildman–Crippen LogP) is 1.65. The van der Waals surface area contributed by atoms with Gasteiger partial charge in [-0.25, -0.2) is 21.6 Å². The first kappa shape index (κ1) is 24.9. The fourth-order valence-corrected chi connectivity index (χ4v) is 5.40. The maximum Gasteiger partial charge on any atom is 0.263 e. The molecule has 0 saturated carbocycles. The van der Waals surface area contributed by atoms with E-state index < -0.39 is 26.1 Å². The number of benzene rings is 2. The molecule has 1 atom stereocenters. The summed E-state index contributed by atoms with van der Waals surface area (Å²) in [6.07, 6.45) is 2.11. The number of aliphatic imine (C=N–C) groups is 1. The molecule has 0 radical (unpaired) electrons. The molecule has 2 aromatic carbocycles. The summed E-state index contributed by atoms with van der Waals surface area (Å²) < 4.78 is 52.7. The van der Waals surface area contributed by atoms with Crippen molar-refractivity contribution in [1.82, 2.24) is 14.8 Å². The Hall–Kier alpha value is -2.76. The number of hydrogen-bond donors (Lipinski definition) is 3. The summed E-state index contributed by atoms with van der Waals surface area (Å²) in [5, 5.41) is 2.85. The van der Waals surface area contributed by atoms with E-state index in [9.17, 15) is 21.6 Å². The van der Waals surface area contributed by atoms with Crippen LogP contribution in [0.25, 0.3) is 0 Å². The number of nitrogens with one attached hydrogen (secondary N) is 3. The Morgan fingerprint density at radius 1 is 1.09 bits per heavy atom. The van der Waals surface area contributed by atoms with Crippen LogP contribution in [0, 0.1) is 0 Å². The van der Waals surface area contributed by atoms with Gasteiger partial charge in [-0.05, 0) is 36.7 Å². The van der Waals surface area contributed by atoms with E-state index in [-0.39, 0.29) is 28.9 Å². The van der Waals surface area contributed by atoms with Gasteiger partial charge < -0.3 is 5.32 Å². The summed E-state index contributed by atoms with van der Waals surface area (Å²) in [5.41, 5.74) is 1.90. The van der Waals surface area contributed by atoms with E-state index in [1.54, 1.807) is 42.5 Å². The smallest absolute Gasteiger partial charge is 0.263 e. The highest BCUT2D eigenvalue weighted by molar-refractivity contribution is 7.90. The molecule has 1 aliphatic heterocycles. The van der Waals surface area contributed by atoms with E-state index in [0.29, 0.717) is 17.5 Å². The van der Waals surface area contributed by atoms with E-state index in [4.69, 9.17) is 0 Å². The molecule has 0 spiro atoms. The summed E-state index contributed by atoms with van der Waals surface area (Å²) in [6, 6.07) is 12.7. The Kier molecular flexibility index (Phi) is 7.88. The highest BCUT2D eigenvalue weighted by Crippen LogP contribution is 2.23. The van der Waals surface area contributed by atoms with Gasteiger partial charge in [-0.2, -0.15) is 0 Å². The van der Waals surface area contributed by atoms with Crippen molar-refractivity contribution in [3.8, 4) is 0 Å². The van der Waals surface area contributed by atoms with Crippen molar-refractivity contribution < 1.29 is 21.6 Å². The molecule has 0 fully saturated rings. The zero-order valence-corrected chi connectivity index (χ0v) is 20.2. The average molecular weight is 493 g/mol. The van der Waals surface area contributed by atoms with Crippen molar-refractivity contribution in [3.05, 3.63) is 65.2 Å². The number of amidine groups is 1. The molecule has 33 heavy (non-hydrogen) atoms. The molecule has 3 rings (SSSR count). The Balaban J connectivity index is 1.71. The van der Waals surface area contributed by atoms with Crippen LogP contribution < -0.4 is 14.8 Å². The second-order valence-electron chi connectivity index (χ2n) is 7.73. The average Bonchev–Trinajstić information content (AvgIpc) is 3.05. The minimum Gasteiger partial charge on any atom is -0.350 e. The van der Waals surface area contributed by atoms with E-state index in [1.807, 2.05) is 6.92 Å². The zero-order chi connectivity index (χ0) is 24.1. The molecule has 9 nitrogen and oxygen atoms in total. The number of sulfonamides is 2. The summed E-state index contributed by atoms with van der Waals surface area (Å²) in [4.78, 5) is 17.5. The van der Waals surface area contributed by atoms with Gasteiger partial charge in [0.15, 0.2) is 0 Å². The third-order valence-electron chi connectivity index (χ3n) is 5.24. The van der Waals surface area contributed by atoms with E-state index in [2.05, 4.69) is 19.8 Å². The normalized spacial score (nSPS) is 16.7. The molecular formula is C22H28N4O5S2. The third-order valence-corrected chi connectivity index (χ3v) is 7.97. The van der Waals surface area contributed by atoms with Crippen LogP contribution in [0.5, 0.6) is 0 Å². The van der Waals surface area contributed by atoms with Crippen molar-refractivity contribution in [2.75, 3.05) is 7.05 Å². The summed E-state index contributed by atoms with van der Waals surface area (Å²) in [5.74, 6) is -0.247. The molecular weight excluding hydrogens is 464 g/mol. The maximum absolute atomic E-state index is 12.9. The lowest BCUT2D eigenvalue weighted by molar-refractivity contribution is -0.122. The van der Waals surface area contributed by atoms with Crippen LogP contribution in [0.3, 0.4) is 0 Å². The molecule has 0 unspecified atom stereocenters. The van der Waals surface area contributed by atoms with Gasteiger partial charge in [0, 0.05) is 12.1 Å². The Labute approximate surface area is 194 Å². The topological polar surface area (TPSA) is 134 Å². The third kappa shape index (κ3) is 6.40. The number of unbranched alkanes of at least 4 members (excludes halogenated alkanes) is 1. The van der Waals surface area contributed by atoms with Gasteiger partial charge in [0.25, 0.3) is 10.0 Å². The minimum atomic E-state index is -3.68. The molecule has 2 aromatic rings. The lowest BCUT2D eigenvalue weighted by Crippen LogP contribution is -2.35. The highest BCUT2D eigenvalue weighted by atomic mass is 32.2. The lowest BCUT2D eigenvalue weighted by Gasteiger charge is -2.14. The fraction of sp³-hybridized carbons (Fsp3) is 0.364. The minimum absolute atomic E-state index is 0.121. The first-order valence-corrected chi connectivity index (χ1v) is 13.8. The maximum atomic E-state index is 12.9. The number of carbonyl (C=O) groups is 1. The molecule has 0 aromatic heterocycles. The molecule has 1 aliphatic rings. The monoisotopic (exact) mass is 492 g/mol. The van der Waals surface area contributed by atoms with Gasteiger partial charge in [-0.3, -0.25) is 14.5 Å². The van der Waals surface area contributed by atoms with Crippen molar-refractivity contribution in [3.63, 3.8) is 0 Å². The van der Waals surface area contributed by atoms with Crippen LogP contribution in [0.1, 0.15) is 42.9 Å². The standard InChI is InChI=1S/C22H28N4O5S2/c1-3-4-8-19(25-21-18-7-5-6-9-20(18)33(30,31)26-21)22(27)24-14-16-10-12-17(13-11-16)15-32(28,29)23-2/h5-7,9-13,19,23H,3-4,8,14-15H2,1-2H3,(H,24,27)(H,25,26)/t19-/m0/s1. The van der Waals surface area contributed by atoms with Gasteiger partial charge in [-0.15, -0.1) is 0 Å². The van der Waals surface area contributed by atoms with Crippen LogP contribution in [0.15, 0.2) is 58.4 Å². The first-order valence-electron chi connectivity index (χ1n) is 10.6. The predicted molar refractivity (Wildman–Crippen MR) is 127 cm³/mol. The highest BCUT2D eigenvalue weighted by Gasteiger charge is 2.31. The van der Waals surface area contributed by atoms with Crippen LogP contribution in [0.4, 0.5) is 0 Å². The lowest BCUT2D eigenvalue weighted by atomic mass is 10.1. The fourth-order valence-electron chi connectivity index (χ4n) is 3.39. The van der Waals surface area contributed by atoms with E-state index in [1.165, 1.54) is 13.1 Å². The zero-order valence-electron chi connectivity index (χ0n) is 18.5. The largest absolute Gasteiger partial charge is 0.350 e. The van der Waals surface area contributed by atoms with E-state index >= 15 is 0 Å². The van der Waals surface area contributed by atoms with Crippen molar-refractivity contribution in [2.24, 2.45) is 4.99 Å². The van der Waals surface area contributed by atoms with Crippen LogP contribution in [-0.2, 0) is 37.1 Å². The van der Waals surface area contributed by atoms with Crippen molar-refractivity contribution in [2.45, 2.75) is 49.4 Å². The molecule has 11 heteroatoms. The van der Waals surface area contributed by atoms with Crippen LogP contribution in [0.2, 0.25) is 0 Å². The van der Waals surface area contributed by atoms with Gasteiger partial charge in [0.2, 0.25) is 15.9 Å². The second kappa shape index (κ2) is 10.4. The molecule has 1 heterocycles. The molecule has 0 bridgehead atoms. The quantitative estimate of drug-likeness (QED) is 0.464. The summed E-state index contributed by atoms with van der Waals surface area (Å²) >= 11 is 0. The van der Waals surface area contributed by atoms with Crippen molar-refractivity contribution in [1.29, 1.82) is 0 Å². The van der Waals surface area contributed by atoms with Gasteiger partial charge in [0.1, 0.15) is 11.9 Å². The Morgan fingerprint density at radius 3 is 2.42 bits per heavy atom. The van der Waals surface area contributed by atoms with Gasteiger partial charge in [0.05, 0.1) is 10.6 Å². The molecule has 178 valence electrons. The molecule has 1 amide bonds. The second-order valence-corrected chi connectivity index (χ2v) is 11.3. The number of amides is 1. The van der Waals surface area contributed by atoms with E-state index in [0.717, 1.165) is 18.4 Å². The van der Waals surface area contributed by atoms with Crippen LogP contribution >= 0.6 is 0 Å². The van der Waals surface area contributed by atoms with Crippen LogP contribution in [-0.4, -0.2) is 41.7 Å². The summed E-state index contributed by atoms with van der Waals surface area (Å²) in [6.45, 7) is 2.25. The van der Waals surface area contributed by atoms with Gasteiger partial charge in [-0.1, -0.05) is 56.2 Å². The Morgan fingerprint density at radius 2 is 1.76 bits per heavy atom. The number of hydrogen-bond acceptors (Lipinski definition) is 6. The van der Waals surface area contributed by atoms with Gasteiger partial charge >= 0.3 is 0 Å².